The lowest BCUT2D eigenvalue weighted by Gasteiger charge is -2.12. The molecule has 1 aromatic rings. The number of halogens is 1. The van der Waals surface area contributed by atoms with Gasteiger partial charge in [-0.25, -0.2) is 0 Å². The van der Waals surface area contributed by atoms with Crippen molar-refractivity contribution in [1.29, 1.82) is 0 Å². The molecule has 0 amide bonds. The van der Waals surface area contributed by atoms with Gasteiger partial charge in [0.05, 0.1) is 6.61 Å². The smallest absolute Gasteiger partial charge is 0.119 e. The van der Waals surface area contributed by atoms with Crippen LogP contribution in [0.2, 0.25) is 0 Å². The molecule has 0 aliphatic heterocycles. The number of rotatable bonds is 6. The summed E-state index contributed by atoms with van der Waals surface area (Å²) in [5.74, 6) is 0.918. The second kappa shape index (κ2) is 8.43. The Morgan fingerprint density at radius 1 is 1.31 bits per heavy atom. The Bertz CT molecular complexity index is 291. The average Bonchev–Trinajstić information content (AvgIpc) is 2.27. The van der Waals surface area contributed by atoms with Gasteiger partial charge in [0.2, 0.25) is 0 Å². The van der Waals surface area contributed by atoms with E-state index in [1.54, 1.807) is 0 Å². The van der Waals surface area contributed by atoms with Crippen LogP contribution in [0.4, 0.5) is 0 Å². The molecule has 1 atom stereocenters. The van der Waals surface area contributed by atoms with Crippen molar-refractivity contribution in [3.63, 3.8) is 0 Å². The van der Waals surface area contributed by atoms with Crippen LogP contribution in [0.15, 0.2) is 24.3 Å². The molecule has 0 saturated carbocycles. The van der Waals surface area contributed by atoms with E-state index in [-0.39, 0.29) is 18.4 Å². The van der Waals surface area contributed by atoms with Crippen LogP contribution in [0.5, 0.6) is 5.75 Å². The first-order valence-electron chi connectivity index (χ1n) is 5.76. The van der Waals surface area contributed by atoms with Crippen molar-refractivity contribution >= 4 is 12.4 Å². The van der Waals surface area contributed by atoms with Crippen molar-refractivity contribution in [3.8, 4) is 5.75 Å². The summed E-state index contributed by atoms with van der Waals surface area (Å²) in [5.41, 5.74) is 7.27. The van der Waals surface area contributed by atoms with Gasteiger partial charge in [-0.15, -0.1) is 12.4 Å². The van der Waals surface area contributed by atoms with E-state index < -0.39 is 0 Å². The quantitative estimate of drug-likeness (QED) is 0.827. The summed E-state index contributed by atoms with van der Waals surface area (Å²) in [6.45, 7) is 4.88. The molecule has 0 fully saturated rings. The Kier molecular flexibility index (Phi) is 8.04. The lowest BCUT2D eigenvalue weighted by atomic mass is 10.0. The Balaban J connectivity index is 0.00000225. The molecule has 0 aliphatic carbocycles. The van der Waals surface area contributed by atoms with Crippen LogP contribution in [-0.4, -0.2) is 6.61 Å². The largest absolute Gasteiger partial charge is 0.494 e. The molecule has 0 aromatic heterocycles. The zero-order chi connectivity index (χ0) is 11.1. The molecule has 0 radical (unpaired) electrons. The predicted octanol–water partition coefficient (Wildman–Crippen LogP) is 3.70. The van der Waals surface area contributed by atoms with Crippen molar-refractivity contribution in [2.24, 2.45) is 5.73 Å². The second-order valence-corrected chi connectivity index (χ2v) is 3.75. The van der Waals surface area contributed by atoms with Crippen LogP contribution in [0, 0.1) is 0 Å². The minimum Gasteiger partial charge on any atom is -0.494 e. The van der Waals surface area contributed by atoms with E-state index in [0.29, 0.717) is 6.61 Å². The van der Waals surface area contributed by atoms with Crippen LogP contribution in [0.3, 0.4) is 0 Å². The van der Waals surface area contributed by atoms with E-state index in [0.717, 1.165) is 12.2 Å². The molecule has 2 nitrogen and oxygen atoms in total. The first-order chi connectivity index (χ1) is 7.27. The van der Waals surface area contributed by atoms with E-state index >= 15 is 0 Å². The lowest BCUT2D eigenvalue weighted by molar-refractivity contribution is 0.339. The SMILES string of the molecule is CCCC[C@@H](N)c1cccc(OCC)c1.Cl. The van der Waals surface area contributed by atoms with Crippen LogP contribution in [0.25, 0.3) is 0 Å². The van der Waals surface area contributed by atoms with Gasteiger partial charge >= 0.3 is 0 Å². The van der Waals surface area contributed by atoms with Gasteiger partial charge in [0.1, 0.15) is 5.75 Å². The van der Waals surface area contributed by atoms with Crippen molar-refractivity contribution in [2.75, 3.05) is 6.61 Å². The first-order valence-corrected chi connectivity index (χ1v) is 5.76. The third-order valence-electron chi connectivity index (χ3n) is 2.47. The van der Waals surface area contributed by atoms with Crippen molar-refractivity contribution in [1.82, 2.24) is 0 Å². The summed E-state index contributed by atoms with van der Waals surface area (Å²) >= 11 is 0. The monoisotopic (exact) mass is 243 g/mol. The fourth-order valence-electron chi connectivity index (χ4n) is 1.59. The summed E-state index contributed by atoms with van der Waals surface area (Å²) in [6.07, 6.45) is 3.42. The maximum absolute atomic E-state index is 6.09. The van der Waals surface area contributed by atoms with Crippen LogP contribution < -0.4 is 10.5 Å². The average molecular weight is 244 g/mol. The molecular formula is C13H22ClNO. The molecule has 16 heavy (non-hydrogen) atoms. The Hall–Kier alpha value is -0.730. The topological polar surface area (TPSA) is 35.2 Å². The van der Waals surface area contributed by atoms with E-state index in [2.05, 4.69) is 13.0 Å². The van der Waals surface area contributed by atoms with Gasteiger partial charge in [0, 0.05) is 6.04 Å². The molecule has 0 bridgehead atoms. The highest BCUT2D eigenvalue weighted by Gasteiger charge is 2.05. The third-order valence-corrected chi connectivity index (χ3v) is 2.47. The van der Waals surface area contributed by atoms with Crippen LogP contribution >= 0.6 is 12.4 Å². The summed E-state index contributed by atoms with van der Waals surface area (Å²) in [5, 5.41) is 0. The summed E-state index contributed by atoms with van der Waals surface area (Å²) in [7, 11) is 0. The molecule has 0 saturated heterocycles. The second-order valence-electron chi connectivity index (χ2n) is 3.75. The third kappa shape index (κ3) is 4.86. The maximum Gasteiger partial charge on any atom is 0.119 e. The molecule has 3 heteroatoms. The number of hydrogen-bond acceptors (Lipinski definition) is 2. The minimum absolute atomic E-state index is 0. The molecule has 1 aromatic carbocycles. The predicted molar refractivity (Wildman–Crippen MR) is 71.3 cm³/mol. The summed E-state index contributed by atoms with van der Waals surface area (Å²) in [4.78, 5) is 0. The van der Waals surface area contributed by atoms with Gasteiger partial charge in [-0.1, -0.05) is 31.9 Å². The summed E-state index contributed by atoms with van der Waals surface area (Å²) in [6, 6.07) is 8.24. The van der Waals surface area contributed by atoms with E-state index in [1.165, 1.54) is 18.4 Å². The Morgan fingerprint density at radius 3 is 2.69 bits per heavy atom. The summed E-state index contributed by atoms with van der Waals surface area (Å²) < 4.78 is 5.45. The van der Waals surface area contributed by atoms with Crippen molar-refractivity contribution in [3.05, 3.63) is 29.8 Å². The Labute approximate surface area is 105 Å². The molecule has 1 rings (SSSR count). The van der Waals surface area contributed by atoms with Gasteiger partial charge in [-0.2, -0.15) is 0 Å². The van der Waals surface area contributed by atoms with Crippen LogP contribution in [-0.2, 0) is 0 Å². The van der Waals surface area contributed by atoms with E-state index in [4.69, 9.17) is 10.5 Å². The molecule has 2 N–H and O–H groups in total. The number of benzene rings is 1. The van der Waals surface area contributed by atoms with Gasteiger partial charge in [-0.3, -0.25) is 0 Å². The molecular weight excluding hydrogens is 222 g/mol. The fraction of sp³-hybridized carbons (Fsp3) is 0.538. The Morgan fingerprint density at radius 2 is 2.06 bits per heavy atom. The van der Waals surface area contributed by atoms with Crippen LogP contribution in [0.1, 0.15) is 44.7 Å². The van der Waals surface area contributed by atoms with Gasteiger partial charge in [0.25, 0.3) is 0 Å². The molecule has 0 aliphatic rings. The van der Waals surface area contributed by atoms with Crippen molar-refractivity contribution in [2.45, 2.75) is 39.2 Å². The first kappa shape index (κ1) is 15.3. The highest BCUT2D eigenvalue weighted by Crippen LogP contribution is 2.21. The standard InChI is InChI=1S/C13H21NO.ClH/c1-3-5-9-13(14)11-7-6-8-12(10-11)15-4-2;/h6-8,10,13H,3-5,9,14H2,1-2H3;1H/t13-;/m1./s1. The molecule has 92 valence electrons. The van der Waals surface area contributed by atoms with Gasteiger partial charge in [0.15, 0.2) is 0 Å². The van der Waals surface area contributed by atoms with Gasteiger partial charge < -0.3 is 10.5 Å². The highest BCUT2D eigenvalue weighted by atomic mass is 35.5. The minimum atomic E-state index is 0. The molecule has 0 spiro atoms. The van der Waals surface area contributed by atoms with Crippen molar-refractivity contribution < 1.29 is 4.74 Å². The number of unbranched alkanes of at least 4 members (excludes halogenated alkanes) is 1. The normalized spacial score (nSPS) is 11.7. The fourth-order valence-corrected chi connectivity index (χ4v) is 1.59. The molecule has 0 heterocycles. The maximum atomic E-state index is 6.09. The van der Waals surface area contributed by atoms with E-state index in [1.807, 2.05) is 25.1 Å². The number of hydrogen-bond donors (Lipinski definition) is 1. The zero-order valence-corrected chi connectivity index (χ0v) is 10.9. The molecule has 0 unspecified atom stereocenters. The highest BCUT2D eigenvalue weighted by molar-refractivity contribution is 5.85. The van der Waals surface area contributed by atoms with Gasteiger partial charge in [-0.05, 0) is 31.0 Å². The van der Waals surface area contributed by atoms with E-state index in [9.17, 15) is 0 Å². The zero-order valence-electron chi connectivity index (χ0n) is 10.1. The number of ether oxygens (including phenoxy) is 1. The lowest BCUT2D eigenvalue weighted by Crippen LogP contribution is -2.10. The number of nitrogens with two attached hydrogens (primary N) is 1.